The van der Waals surface area contributed by atoms with Crippen LogP contribution in [0.1, 0.15) is 12.5 Å². The average Bonchev–Trinajstić information content (AvgIpc) is 2.70. The summed E-state index contributed by atoms with van der Waals surface area (Å²) in [6, 6.07) is 2.76. The summed E-state index contributed by atoms with van der Waals surface area (Å²) in [4.78, 5) is 24.2. The third-order valence-corrected chi connectivity index (χ3v) is 4.51. The molecule has 0 unspecified atom stereocenters. The number of benzene rings is 1. The first-order chi connectivity index (χ1) is 8.86. The van der Waals surface area contributed by atoms with Crippen LogP contribution in [-0.4, -0.2) is 20.9 Å². The van der Waals surface area contributed by atoms with Crippen molar-refractivity contribution in [3.8, 4) is 0 Å². The van der Waals surface area contributed by atoms with Crippen molar-refractivity contribution in [3.63, 3.8) is 0 Å². The van der Waals surface area contributed by atoms with E-state index in [1.165, 1.54) is 28.8 Å². The summed E-state index contributed by atoms with van der Waals surface area (Å²) < 4.78 is 23.5. The Morgan fingerprint density at radius 1 is 1.47 bits per heavy atom. The number of rotatable bonds is 3. The minimum Gasteiger partial charge on any atom is -0.312 e. The Balaban J connectivity index is 2.58. The largest absolute Gasteiger partial charge is 0.312 e. The lowest BCUT2D eigenvalue weighted by Crippen LogP contribution is -2.26. The van der Waals surface area contributed by atoms with Gasteiger partial charge in [0.2, 0.25) is 5.91 Å². The van der Waals surface area contributed by atoms with Crippen molar-refractivity contribution in [2.24, 2.45) is 5.29 Å². The minimum atomic E-state index is -4.11. The molecule has 0 bridgehead atoms. The number of hydrogen-bond acceptors (Lipinski definition) is 5. The van der Waals surface area contributed by atoms with E-state index in [-0.39, 0.29) is 15.8 Å². The zero-order chi connectivity index (χ0) is 14.2. The molecule has 0 spiro atoms. The minimum absolute atomic E-state index is 0.0136. The fourth-order valence-electron chi connectivity index (χ4n) is 2.02. The molecule has 1 aromatic carbocycles. The Morgan fingerprint density at radius 2 is 2.16 bits per heavy atom. The van der Waals surface area contributed by atoms with Gasteiger partial charge in [-0.05, 0) is 24.1 Å². The van der Waals surface area contributed by atoms with Crippen LogP contribution in [0, 0.1) is 4.91 Å². The molecule has 1 aliphatic rings. The smallest absolute Gasteiger partial charge is 0.280 e. The molecule has 1 amide bonds. The molecule has 0 radical (unpaired) electrons. The zero-order valence-electron chi connectivity index (χ0n) is 9.88. The number of anilines is 1. The predicted octanol–water partition coefficient (Wildman–Crippen LogP) is 1.21. The van der Waals surface area contributed by atoms with Gasteiger partial charge in [0, 0.05) is 19.2 Å². The van der Waals surface area contributed by atoms with E-state index in [1.54, 1.807) is 0 Å². The number of hydrogen-bond donors (Lipinski definition) is 1. The van der Waals surface area contributed by atoms with Crippen molar-refractivity contribution in [1.29, 1.82) is 0 Å². The molecule has 1 heterocycles. The Hall–Kier alpha value is -1.67. The van der Waals surface area contributed by atoms with Gasteiger partial charge < -0.3 is 4.90 Å². The highest BCUT2D eigenvalue weighted by molar-refractivity contribution is 7.89. The summed E-state index contributed by atoms with van der Waals surface area (Å²) in [6.07, 6.45) is 0.605. The molecule has 0 fully saturated rings. The molecule has 1 aliphatic heterocycles. The fourth-order valence-corrected chi connectivity index (χ4v) is 3.29. The summed E-state index contributed by atoms with van der Waals surface area (Å²) in [7, 11) is -4.11. The number of nitrogens with one attached hydrogen (secondary N) is 1. The quantitative estimate of drug-likeness (QED) is 0.670. The molecule has 102 valence electrons. The van der Waals surface area contributed by atoms with Crippen molar-refractivity contribution in [2.75, 3.05) is 11.4 Å². The van der Waals surface area contributed by atoms with E-state index in [0.717, 1.165) is 5.56 Å². The third-order valence-electron chi connectivity index (χ3n) is 2.86. The van der Waals surface area contributed by atoms with Crippen molar-refractivity contribution >= 4 is 33.2 Å². The van der Waals surface area contributed by atoms with Gasteiger partial charge in [0.05, 0.1) is 10.3 Å². The molecular formula is C10H10ClN3O4S. The Labute approximate surface area is 114 Å². The van der Waals surface area contributed by atoms with Gasteiger partial charge in [0.1, 0.15) is 4.90 Å². The van der Waals surface area contributed by atoms with Gasteiger partial charge in [0.15, 0.2) is 0 Å². The first kappa shape index (κ1) is 13.8. The van der Waals surface area contributed by atoms with Crippen LogP contribution in [-0.2, 0) is 21.2 Å². The maximum atomic E-state index is 11.7. The van der Waals surface area contributed by atoms with Crippen molar-refractivity contribution in [1.82, 2.24) is 4.83 Å². The standard InChI is InChI=1S/C10H10ClN3O4S/c1-6(15)14-3-2-7-4-8(11)10(5-9(7)14)19(17,18)13-12-16/h4-5H,2-3H2,1H3,(H,13,16). The van der Waals surface area contributed by atoms with Crippen molar-refractivity contribution < 1.29 is 13.2 Å². The summed E-state index contributed by atoms with van der Waals surface area (Å²) in [5.74, 6) is -0.189. The molecule has 19 heavy (non-hydrogen) atoms. The molecule has 0 aromatic heterocycles. The highest BCUT2D eigenvalue weighted by Crippen LogP contribution is 2.35. The summed E-state index contributed by atoms with van der Waals surface area (Å²) in [6.45, 7) is 1.87. The van der Waals surface area contributed by atoms with E-state index in [4.69, 9.17) is 11.6 Å². The van der Waals surface area contributed by atoms with Gasteiger partial charge in [-0.25, -0.2) is 0 Å². The van der Waals surface area contributed by atoms with Crippen molar-refractivity contribution in [2.45, 2.75) is 18.2 Å². The molecule has 7 nitrogen and oxygen atoms in total. The molecule has 0 aliphatic carbocycles. The SMILES string of the molecule is CC(=O)N1CCc2cc(Cl)c(S(=O)(=O)NN=O)cc21. The predicted molar refractivity (Wildman–Crippen MR) is 69.3 cm³/mol. The second kappa shape index (κ2) is 4.78. The van der Waals surface area contributed by atoms with Gasteiger partial charge in [0.25, 0.3) is 10.0 Å². The molecule has 9 heteroatoms. The topological polar surface area (TPSA) is 95.9 Å². The molecule has 2 rings (SSSR count). The van der Waals surface area contributed by atoms with Gasteiger partial charge >= 0.3 is 0 Å². The Bertz CT molecular complexity index is 659. The Morgan fingerprint density at radius 3 is 2.74 bits per heavy atom. The van der Waals surface area contributed by atoms with Crippen LogP contribution in [0.25, 0.3) is 0 Å². The monoisotopic (exact) mass is 303 g/mol. The first-order valence-electron chi connectivity index (χ1n) is 5.31. The highest BCUT2D eigenvalue weighted by Gasteiger charge is 2.27. The molecule has 0 atom stereocenters. The van der Waals surface area contributed by atoms with Crippen LogP contribution in [0.4, 0.5) is 5.69 Å². The molecule has 1 N–H and O–H groups in total. The summed E-state index contributed by atoms with van der Waals surface area (Å²) in [5, 5.41) is 2.13. The number of nitroso groups, excluding NO2 is 1. The number of amides is 1. The highest BCUT2D eigenvalue weighted by atomic mass is 35.5. The maximum Gasteiger partial charge on any atom is 0.280 e. The van der Waals surface area contributed by atoms with E-state index in [1.807, 2.05) is 0 Å². The second-order valence-electron chi connectivity index (χ2n) is 4.02. The van der Waals surface area contributed by atoms with Crippen LogP contribution in [0.5, 0.6) is 0 Å². The van der Waals surface area contributed by atoms with Crippen molar-refractivity contribution in [3.05, 3.63) is 27.6 Å². The van der Waals surface area contributed by atoms with Gasteiger partial charge in [-0.15, -0.1) is 4.91 Å². The van der Waals surface area contributed by atoms with Gasteiger partial charge in [-0.3, -0.25) is 4.79 Å². The zero-order valence-corrected chi connectivity index (χ0v) is 11.5. The molecule has 0 saturated carbocycles. The van der Waals surface area contributed by atoms with Crippen LogP contribution >= 0.6 is 11.6 Å². The van der Waals surface area contributed by atoms with Crippen LogP contribution in [0.2, 0.25) is 5.02 Å². The van der Waals surface area contributed by atoms with Crippen LogP contribution in [0.15, 0.2) is 22.3 Å². The lowest BCUT2D eigenvalue weighted by Gasteiger charge is -2.16. The van der Waals surface area contributed by atoms with E-state index in [0.29, 0.717) is 18.7 Å². The molecule has 1 aromatic rings. The van der Waals surface area contributed by atoms with E-state index >= 15 is 0 Å². The molecular weight excluding hydrogens is 294 g/mol. The molecule has 0 saturated heterocycles. The number of carbonyl (C=O) groups excluding carboxylic acids is 1. The van der Waals surface area contributed by atoms with Gasteiger partial charge in [-0.2, -0.15) is 13.2 Å². The lowest BCUT2D eigenvalue weighted by atomic mass is 10.2. The number of fused-ring (bicyclic) bond motifs is 1. The number of nitrogens with zero attached hydrogens (tertiary/aromatic N) is 2. The number of sulfonamides is 1. The second-order valence-corrected chi connectivity index (χ2v) is 6.05. The van der Waals surface area contributed by atoms with Gasteiger partial charge in [-0.1, -0.05) is 11.6 Å². The van der Waals surface area contributed by atoms with E-state index < -0.39 is 10.0 Å². The fraction of sp³-hybridized carbons (Fsp3) is 0.300. The Kier molecular flexibility index (Phi) is 3.46. The maximum absolute atomic E-state index is 11.7. The third kappa shape index (κ3) is 2.41. The number of halogens is 1. The van der Waals surface area contributed by atoms with E-state index in [2.05, 4.69) is 5.29 Å². The normalized spacial score (nSPS) is 14.1. The summed E-state index contributed by atoms with van der Waals surface area (Å²) >= 11 is 5.89. The number of carbonyl (C=O) groups is 1. The van der Waals surface area contributed by atoms with Crippen LogP contribution < -0.4 is 9.73 Å². The summed E-state index contributed by atoms with van der Waals surface area (Å²) in [5.41, 5.74) is 1.28. The first-order valence-corrected chi connectivity index (χ1v) is 7.17. The van der Waals surface area contributed by atoms with Crippen LogP contribution in [0.3, 0.4) is 0 Å². The van der Waals surface area contributed by atoms with E-state index in [9.17, 15) is 18.1 Å². The average molecular weight is 304 g/mol. The lowest BCUT2D eigenvalue weighted by molar-refractivity contribution is -0.116.